The molecule has 0 amide bonds. The van der Waals surface area contributed by atoms with Crippen LogP contribution in [0.25, 0.3) is 17.1 Å². The Morgan fingerprint density at radius 2 is 1.84 bits per heavy atom. The summed E-state index contributed by atoms with van der Waals surface area (Å²) in [5, 5.41) is 8.54. The van der Waals surface area contributed by atoms with Crippen LogP contribution in [-0.4, -0.2) is 19.7 Å². The molecule has 0 bridgehead atoms. The predicted octanol–water partition coefficient (Wildman–Crippen LogP) is 4.35. The molecule has 25 heavy (non-hydrogen) atoms. The summed E-state index contributed by atoms with van der Waals surface area (Å²) >= 11 is 1.42. The predicted molar refractivity (Wildman–Crippen MR) is 92.8 cm³/mol. The van der Waals surface area contributed by atoms with Gasteiger partial charge in [-0.1, -0.05) is 42.1 Å². The highest BCUT2D eigenvalue weighted by Crippen LogP contribution is 2.26. The van der Waals surface area contributed by atoms with Gasteiger partial charge in [0.15, 0.2) is 5.16 Å². The van der Waals surface area contributed by atoms with Gasteiger partial charge in [0.05, 0.1) is 11.4 Å². The van der Waals surface area contributed by atoms with E-state index < -0.39 is 0 Å². The molecule has 2 aromatic heterocycles. The van der Waals surface area contributed by atoms with Crippen molar-refractivity contribution in [2.45, 2.75) is 10.9 Å². The van der Waals surface area contributed by atoms with Gasteiger partial charge in [0, 0.05) is 11.3 Å². The number of thioether (sulfide) groups is 1. The molecule has 124 valence electrons. The van der Waals surface area contributed by atoms with Crippen LogP contribution in [-0.2, 0) is 5.75 Å². The molecule has 4 aromatic rings. The minimum atomic E-state index is -0.322. The summed E-state index contributed by atoms with van der Waals surface area (Å²) in [6, 6.07) is 16.2. The van der Waals surface area contributed by atoms with Crippen LogP contribution in [0.1, 0.15) is 5.69 Å². The van der Waals surface area contributed by atoms with E-state index in [9.17, 15) is 4.39 Å². The molecule has 5 nitrogen and oxygen atoms in total. The molecule has 0 fully saturated rings. The number of oxazole rings is 1. The fourth-order valence-corrected chi connectivity index (χ4v) is 3.16. The Bertz CT molecular complexity index is 983. The Labute approximate surface area is 147 Å². The number of halogens is 1. The van der Waals surface area contributed by atoms with Crippen LogP contribution in [0.5, 0.6) is 0 Å². The van der Waals surface area contributed by atoms with Crippen LogP contribution in [0.15, 0.2) is 76.8 Å². The molecule has 0 saturated carbocycles. The van der Waals surface area contributed by atoms with Crippen LogP contribution in [0.3, 0.4) is 0 Å². The number of para-hydroxylation sites is 1. The number of rotatable bonds is 5. The van der Waals surface area contributed by atoms with Crippen molar-refractivity contribution in [3.05, 3.63) is 78.7 Å². The second kappa shape index (κ2) is 6.90. The van der Waals surface area contributed by atoms with Crippen LogP contribution in [0, 0.1) is 5.82 Å². The van der Waals surface area contributed by atoms with Crippen molar-refractivity contribution in [2.75, 3.05) is 0 Å². The molecule has 0 aliphatic heterocycles. The van der Waals surface area contributed by atoms with E-state index in [2.05, 4.69) is 15.2 Å². The normalized spacial score (nSPS) is 10.9. The van der Waals surface area contributed by atoms with E-state index >= 15 is 0 Å². The molecular formula is C18H13FN4OS. The smallest absolute Gasteiger partial charge is 0.226 e. The number of hydrogen-bond donors (Lipinski definition) is 0. The third-order valence-corrected chi connectivity index (χ3v) is 4.53. The van der Waals surface area contributed by atoms with Crippen molar-refractivity contribution < 1.29 is 8.81 Å². The number of hydrogen-bond acceptors (Lipinski definition) is 5. The first-order chi connectivity index (χ1) is 12.3. The van der Waals surface area contributed by atoms with Crippen molar-refractivity contribution >= 4 is 11.8 Å². The molecule has 0 radical (unpaired) electrons. The highest BCUT2D eigenvalue weighted by molar-refractivity contribution is 7.98. The SMILES string of the molecule is Fc1ccccc1-n1cnnc1SCc1coc(-c2ccccc2)n1. The van der Waals surface area contributed by atoms with Crippen LogP contribution in [0.4, 0.5) is 4.39 Å². The third kappa shape index (κ3) is 3.32. The Balaban J connectivity index is 1.51. The van der Waals surface area contributed by atoms with Crippen LogP contribution >= 0.6 is 11.8 Å². The molecule has 0 spiro atoms. The lowest BCUT2D eigenvalue weighted by Gasteiger charge is -2.06. The van der Waals surface area contributed by atoms with Gasteiger partial charge in [-0.15, -0.1) is 10.2 Å². The molecule has 4 rings (SSSR count). The van der Waals surface area contributed by atoms with E-state index in [1.165, 1.54) is 24.2 Å². The summed E-state index contributed by atoms with van der Waals surface area (Å²) in [6.45, 7) is 0. The Kier molecular flexibility index (Phi) is 4.30. The van der Waals surface area contributed by atoms with Gasteiger partial charge in [-0.25, -0.2) is 9.37 Å². The van der Waals surface area contributed by atoms with Gasteiger partial charge in [-0.05, 0) is 24.3 Å². The van der Waals surface area contributed by atoms with Gasteiger partial charge in [-0.2, -0.15) is 0 Å². The van der Waals surface area contributed by atoms with E-state index in [1.54, 1.807) is 29.0 Å². The first kappa shape index (κ1) is 15.6. The Morgan fingerprint density at radius 1 is 1.04 bits per heavy atom. The minimum Gasteiger partial charge on any atom is -0.444 e. The second-order valence-electron chi connectivity index (χ2n) is 5.23. The van der Waals surface area contributed by atoms with Crippen molar-refractivity contribution in [3.63, 3.8) is 0 Å². The molecule has 0 saturated heterocycles. The average Bonchev–Trinajstić information content (AvgIpc) is 3.30. The van der Waals surface area contributed by atoms with Crippen molar-refractivity contribution in [3.8, 4) is 17.1 Å². The highest BCUT2D eigenvalue weighted by Gasteiger charge is 2.12. The Morgan fingerprint density at radius 3 is 2.68 bits per heavy atom. The van der Waals surface area contributed by atoms with Crippen LogP contribution < -0.4 is 0 Å². The number of nitrogens with zero attached hydrogens (tertiary/aromatic N) is 4. The van der Waals surface area contributed by atoms with Gasteiger partial charge >= 0.3 is 0 Å². The maximum absolute atomic E-state index is 14.0. The molecule has 0 atom stereocenters. The van der Waals surface area contributed by atoms with E-state index in [1.807, 2.05) is 30.3 Å². The van der Waals surface area contributed by atoms with Gasteiger partial charge < -0.3 is 4.42 Å². The van der Waals surface area contributed by atoms with Gasteiger partial charge in [0.1, 0.15) is 18.4 Å². The average molecular weight is 352 g/mol. The van der Waals surface area contributed by atoms with Gasteiger partial charge in [0.2, 0.25) is 5.89 Å². The second-order valence-corrected chi connectivity index (χ2v) is 6.18. The maximum atomic E-state index is 14.0. The van der Waals surface area contributed by atoms with Crippen molar-refractivity contribution in [1.29, 1.82) is 0 Å². The Hall–Kier alpha value is -2.93. The quantitative estimate of drug-likeness (QED) is 0.500. The summed E-state index contributed by atoms with van der Waals surface area (Å²) < 4.78 is 21.1. The zero-order valence-corrected chi connectivity index (χ0v) is 13.9. The molecule has 0 N–H and O–H groups in total. The zero-order chi connectivity index (χ0) is 17.1. The molecule has 2 aromatic carbocycles. The van der Waals surface area contributed by atoms with E-state index in [-0.39, 0.29) is 5.82 Å². The van der Waals surface area contributed by atoms with E-state index in [0.717, 1.165) is 11.3 Å². The largest absolute Gasteiger partial charge is 0.444 e. The molecular weight excluding hydrogens is 339 g/mol. The number of aromatic nitrogens is 4. The summed E-state index contributed by atoms with van der Waals surface area (Å²) in [5.74, 6) is 0.799. The summed E-state index contributed by atoms with van der Waals surface area (Å²) in [5.41, 5.74) is 2.13. The lowest BCUT2D eigenvalue weighted by molar-refractivity contribution is 0.573. The maximum Gasteiger partial charge on any atom is 0.226 e. The first-order valence-corrected chi connectivity index (χ1v) is 8.57. The summed E-state index contributed by atoms with van der Waals surface area (Å²) in [4.78, 5) is 4.48. The summed E-state index contributed by atoms with van der Waals surface area (Å²) in [7, 11) is 0. The molecule has 0 unspecified atom stereocenters. The van der Waals surface area contributed by atoms with E-state index in [0.29, 0.717) is 22.5 Å². The van der Waals surface area contributed by atoms with Crippen LogP contribution in [0.2, 0.25) is 0 Å². The van der Waals surface area contributed by atoms with Crippen molar-refractivity contribution in [2.24, 2.45) is 0 Å². The van der Waals surface area contributed by atoms with Gasteiger partial charge in [0.25, 0.3) is 0 Å². The standard InChI is InChI=1S/C18H13FN4OS/c19-15-8-4-5-9-16(15)23-12-20-22-18(23)25-11-14-10-24-17(21-14)13-6-2-1-3-7-13/h1-10,12H,11H2. The van der Waals surface area contributed by atoms with Gasteiger partial charge in [-0.3, -0.25) is 4.57 Å². The minimum absolute atomic E-state index is 0.322. The highest BCUT2D eigenvalue weighted by atomic mass is 32.2. The fourth-order valence-electron chi connectivity index (χ4n) is 2.36. The third-order valence-electron chi connectivity index (χ3n) is 3.55. The fraction of sp³-hybridized carbons (Fsp3) is 0.0556. The van der Waals surface area contributed by atoms with Crippen molar-refractivity contribution in [1.82, 2.24) is 19.7 Å². The molecule has 0 aliphatic rings. The lowest BCUT2D eigenvalue weighted by Crippen LogP contribution is -1.98. The monoisotopic (exact) mass is 352 g/mol. The number of benzene rings is 2. The van der Waals surface area contributed by atoms with E-state index in [4.69, 9.17) is 4.42 Å². The molecule has 2 heterocycles. The summed E-state index contributed by atoms with van der Waals surface area (Å²) in [6.07, 6.45) is 3.12. The molecule has 7 heteroatoms. The zero-order valence-electron chi connectivity index (χ0n) is 13.0. The molecule has 0 aliphatic carbocycles. The first-order valence-electron chi connectivity index (χ1n) is 7.59. The topological polar surface area (TPSA) is 56.7 Å². The lowest BCUT2D eigenvalue weighted by atomic mass is 10.2.